The van der Waals surface area contributed by atoms with Crippen LogP contribution in [0.1, 0.15) is 47.5 Å². The summed E-state index contributed by atoms with van der Waals surface area (Å²) in [5, 5.41) is 14.0. The Bertz CT molecular complexity index is 521. The quantitative estimate of drug-likeness (QED) is 0.864. The maximum Gasteiger partial charge on any atom is 0.280 e. The lowest BCUT2D eigenvalue weighted by atomic mass is 10.1. The van der Waals surface area contributed by atoms with Crippen molar-refractivity contribution in [2.75, 3.05) is 13.1 Å². The second-order valence-corrected chi connectivity index (χ2v) is 6.53. The van der Waals surface area contributed by atoms with Crippen molar-refractivity contribution in [3.8, 4) is 0 Å². The third-order valence-corrected chi connectivity index (χ3v) is 4.02. The third kappa shape index (κ3) is 3.34. The van der Waals surface area contributed by atoms with E-state index in [-0.39, 0.29) is 29.4 Å². The minimum absolute atomic E-state index is 0.124. The molecule has 2 rings (SSSR count). The molecule has 20 heavy (non-hydrogen) atoms. The lowest BCUT2D eigenvalue weighted by molar-refractivity contribution is 0.0496. The molecule has 0 bridgehead atoms. The van der Waals surface area contributed by atoms with Gasteiger partial charge in [0.15, 0.2) is 5.01 Å². The van der Waals surface area contributed by atoms with E-state index in [0.29, 0.717) is 5.69 Å². The monoisotopic (exact) mass is 297 g/mol. The summed E-state index contributed by atoms with van der Waals surface area (Å²) in [5.74, 6) is -0.491. The molecule has 1 saturated heterocycles. The maximum atomic E-state index is 12.1. The van der Waals surface area contributed by atoms with Crippen LogP contribution >= 0.6 is 11.3 Å². The van der Waals surface area contributed by atoms with Crippen molar-refractivity contribution in [3.05, 3.63) is 16.1 Å². The van der Waals surface area contributed by atoms with Gasteiger partial charge in [0.05, 0.1) is 5.60 Å². The van der Waals surface area contributed by atoms with Crippen LogP contribution in [-0.4, -0.2) is 51.5 Å². The highest BCUT2D eigenvalue weighted by Crippen LogP contribution is 2.21. The first kappa shape index (κ1) is 14.9. The van der Waals surface area contributed by atoms with Crippen molar-refractivity contribution in [3.63, 3.8) is 0 Å². The number of hydrogen-bond donors (Lipinski definition) is 2. The van der Waals surface area contributed by atoms with Gasteiger partial charge in [-0.1, -0.05) is 0 Å². The number of nitrogens with one attached hydrogen (secondary N) is 1. The summed E-state index contributed by atoms with van der Waals surface area (Å²) in [6.07, 6.45) is 1.01. The molecule has 2 N–H and O–H groups in total. The molecule has 1 atom stereocenters. The van der Waals surface area contributed by atoms with E-state index in [1.165, 1.54) is 0 Å². The van der Waals surface area contributed by atoms with E-state index in [0.717, 1.165) is 24.3 Å². The minimum Gasteiger partial charge on any atom is -0.389 e. The van der Waals surface area contributed by atoms with E-state index in [2.05, 4.69) is 10.3 Å². The Morgan fingerprint density at radius 2 is 2.30 bits per heavy atom. The molecular weight excluding hydrogens is 278 g/mol. The molecule has 1 aliphatic rings. The van der Waals surface area contributed by atoms with Crippen molar-refractivity contribution >= 4 is 23.2 Å². The highest BCUT2D eigenvalue weighted by atomic mass is 32.1. The smallest absolute Gasteiger partial charge is 0.280 e. The predicted molar refractivity (Wildman–Crippen MR) is 75.9 cm³/mol. The van der Waals surface area contributed by atoms with Gasteiger partial charge in [0.25, 0.3) is 11.8 Å². The Morgan fingerprint density at radius 1 is 1.60 bits per heavy atom. The summed E-state index contributed by atoms with van der Waals surface area (Å²) >= 11 is 1.14. The number of nitrogens with zero attached hydrogens (tertiary/aromatic N) is 2. The maximum absolute atomic E-state index is 12.1. The highest BCUT2D eigenvalue weighted by molar-refractivity contribution is 7.11. The van der Waals surface area contributed by atoms with Crippen LogP contribution in [0.25, 0.3) is 0 Å². The summed E-state index contributed by atoms with van der Waals surface area (Å²) in [7, 11) is 0. The Balaban J connectivity index is 1.98. The molecule has 1 aliphatic heterocycles. The predicted octanol–water partition coefficient (Wildman–Crippen LogP) is 0.878. The molecule has 7 heteroatoms. The fourth-order valence-corrected chi connectivity index (χ4v) is 2.52. The van der Waals surface area contributed by atoms with E-state index in [4.69, 9.17) is 0 Å². The molecule has 1 aromatic heterocycles. The topological polar surface area (TPSA) is 82.5 Å². The zero-order valence-electron chi connectivity index (χ0n) is 11.8. The third-order valence-electron chi connectivity index (χ3n) is 3.18. The first-order valence-corrected chi connectivity index (χ1v) is 7.43. The number of carbonyl (C=O) groups excluding carboxylic acids is 2. The summed E-state index contributed by atoms with van der Waals surface area (Å²) in [6, 6.07) is 0.247. The van der Waals surface area contributed by atoms with E-state index < -0.39 is 5.60 Å². The lowest BCUT2D eigenvalue weighted by Crippen LogP contribution is -2.49. The molecule has 2 heterocycles. The van der Waals surface area contributed by atoms with Crippen molar-refractivity contribution < 1.29 is 14.7 Å². The van der Waals surface area contributed by atoms with Crippen molar-refractivity contribution in [2.45, 2.75) is 38.8 Å². The van der Waals surface area contributed by atoms with Crippen LogP contribution in [0.15, 0.2) is 5.38 Å². The number of aliphatic hydroxyl groups is 1. The molecule has 110 valence electrons. The average Bonchev–Trinajstić information content (AvgIpc) is 2.82. The molecule has 1 aromatic rings. The van der Waals surface area contributed by atoms with Gasteiger partial charge >= 0.3 is 0 Å². The number of aromatic nitrogens is 1. The molecule has 2 amide bonds. The van der Waals surface area contributed by atoms with Crippen molar-refractivity contribution in [2.24, 2.45) is 0 Å². The van der Waals surface area contributed by atoms with Gasteiger partial charge in [-0.3, -0.25) is 9.59 Å². The standard InChI is InChI=1S/C13H19N3O3S/c1-8-4-5-16(8)12(18)9-6-20-11(15-9)10(17)14-7-13(2,3)19/h6,8,19H,4-5,7H2,1-3H3,(H,14,17)/t8-/m0/s1. The van der Waals surface area contributed by atoms with Gasteiger partial charge in [0.2, 0.25) is 0 Å². The minimum atomic E-state index is -0.974. The van der Waals surface area contributed by atoms with Gasteiger partial charge in [-0.15, -0.1) is 11.3 Å². The fourth-order valence-electron chi connectivity index (χ4n) is 1.81. The fraction of sp³-hybridized carbons (Fsp3) is 0.615. The second kappa shape index (κ2) is 5.49. The zero-order valence-corrected chi connectivity index (χ0v) is 12.7. The summed E-state index contributed by atoms with van der Waals surface area (Å²) in [5.41, 5.74) is -0.659. The largest absolute Gasteiger partial charge is 0.389 e. The van der Waals surface area contributed by atoms with Crippen molar-refractivity contribution in [1.82, 2.24) is 15.2 Å². The molecule has 6 nitrogen and oxygen atoms in total. The van der Waals surface area contributed by atoms with Gasteiger partial charge in [-0.05, 0) is 27.2 Å². The molecule has 0 spiro atoms. The first-order chi connectivity index (χ1) is 9.28. The molecule has 0 unspecified atom stereocenters. The Hall–Kier alpha value is -1.47. The number of carbonyl (C=O) groups is 2. The molecular formula is C13H19N3O3S. The Kier molecular flexibility index (Phi) is 4.10. The molecule has 0 aromatic carbocycles. The van der Waals surface area contributed by atoms with Crippen LogP contribution in [0.4, 0.5) is 0 Å². The van der Waals surface area contributed by atoms with Crippen LogP contribution in [0.3, 0.4) is 0 Å². The Labute approximate surface area is 121 Å². The van der Waals surface area contributed by atoms with Crippen molar-refractivity contribution in [1.29, 1.82) is 0 Å². The number of amides is 2. The van der Waals surface area contributed by atoms with Gasteiger partial charge in [0, 0.05) is 24.5 Å². The molecule has 0 aliphatic carbocycles. The SMILES string of the molecule is C[C@H]1CCN1C(=O)c1csc(C(=O)NCC(C)(C)O)n1. The summed E-state index contributed by atoms with van der Waals surface area (Å²) < 4.78 is 0. The molecule has 1 fully saturated rings. The van der Waals surface area contributed by atoms with Crippen LogP contribution in [0, 0.1) is 0 Å². The van der Waals surface area contributed by atoms with E-state index in [1.807, 2.05) is 6.92 Å². The summed E-state index contributed by atoms with van der Waals surface area (Å²) in [4.78, 5) is 29.8. The lowest BCUT2D eigenvalue weighted by Gasteiger charge is -2.38. The second-order valence-electron chi connectivity index (χ2n) is 5.67. The van der Waals surface area contributed by atoms with E-state index in [1.54, 1.807) is 24.1 Å². The van der Waals surface area contributed by atoms with Crippen LogP contribution in [0.2, 0.25) is 0 Å². The van der Waals surface area contributed by atoms with Crippen LogP contribution in [-0.2, 0) is 0 Å². The first-order valence-electron chi connectivity index (χ1n) is 6.55. The van der Waals surface area contributed by atoms with E-state index in [9.17, 15) is 14.7 Å². The summed E-state index contributed by atoms with van der Waals surface area (Å²) in [6.45, 7) is 6.09. The molecule has 0 saturated carbocycles. The van der Waals surface area contributed by atoms with Gasteiger partial charge < -0.3 is 15.3 Å². The number of likely N-dealkylation sites (tertiary alicyclic amines) is 1. The highest BCUT2D eigenvalue weighted by Gasteiger charge is 2.30. The van der Waals surface area contributed by atoms with Crippen LogP contribution in [0.5, 0.6) is 0 Å². The zero-order chi connectivity index (χ0) is 14.9. The van der Waals surface area contributed by atoms with Crippen LogP contribution < -0.4 is 5.32 Å². The Morgan fingerprint density at radius 3 is 2.80 bits per heavy atom. The average molecular weight is 297 g/mol. The normalized spacial score (nSPS) is 18.6. The van der Waals surface area contributed by atoms with Gasteiger partial charge in [0.1, 0.15) is 5.69 Å². The van der Waals surface area contributed by atoms with E-state index >= 15 is 0 Å². The molecule has 0 radical (unpaired) electrons. The van der Waals surface area contributed by atoms with Gasteiger partial charge in [-0.2, -0.15) is 0 Å². The van der Waals surface area contributed by atoms with Gasteiger partial charge in [-0.25, -0.2) is 4.98 Å². The number of thiazole rings is 1. The number of hydrogen-bond acceptors (Lipinski definition) is 5. The number of rotatable bonds is 4.